The van der Waals surface area contributed by atoms with Crippen molar-refractivity contribution >= 4 is 0 Å². The Labute approximate surface area is 130 Å². The van der Waals surface area contributed by atoms with E-state index in [1.165, 1.54) is 12.8 Å². The van der Waals surface area contributed by atoms with Crippen molar-refractivity contribution in [1.29, 1.82) is 0 Å². The van der Waals surface area contributed by atoms with Crippen LogP contribution in [0.25, 0.3) is 0 Å². The molecule has 2 saturated carbocycles. The second kappa shape index (κ2) is 8.30. The van der Waals surface area contributed by atoms with E-state index in [1.54, 1.807) is 0 Å². The quantitative estimate of drug-likeness (QED) is 0.390. The van der Waals surface area contributed by atoms with Crippen LogP contribution in [0.15, 0.2) is 12.7 Å². The molecule has 0 aromatic heterocycles. The van der Waals surface area contributed by atoms with E-state index in [2.05, 4.69) is 20.4 Å². The van der Waals surface area contributed by atoms with E-state index in [1.807, 2.05) is 13.0 Å². The van der Waals surface area contributed by atoms with Crippen LogP contribution >= 0.6 is 0 Å². The number of fused-ring (bicyclic) bond motifs is 1. The molecule has 0 radical (unpaired) electrons. The van der Waals surface area contributed by atoms with Gasteiger partial charge < -0.3 is 14.2 Å². The van der Waals surface area contributed by atoms with Gasteiger partial charge in [0.25, 0.3) is 0 Å². The van der Waals surface area contributed by atoms with Crippen LogP contribution in [0.2, 0.25) is 0 Å². The molecule has 6 atom stereocenters. The molecule has 0 aromatic rings. The summed E-state index contributed by atoms with van der Waals surface area (Å²) in [6, 6.07) is 0. The van der Waals surface area contributed by atoms with Crippen molar-refractivity contribution in [1.82, 2.24) is 0 Å². The van der Waals surface area contributed by atoms with E-state index in [4.69, 9.17) is 14.2 Å². The summed E-state index contributed by atoms with van der Waals surface area (Å²) in [5.74, 6) is 4.88. The summed E-state index contributed by atoms with van der Waals surface area (Å²) in [7, 11) is 0. The zero-order chi connectivity index (χ0) is 15.2. The SMILES string of the molecule is C=CCOCC1CC2C(C)C(CC)C12.CCOCC1CO1. The van der Waals surface area contributed by atoms with Crippen molar-refractivity contribution in [3.63, 3.8) is 0 Å². The van der Waals surface area contributed by atoms with Crippen LogP contribution in [0.1, 0.15) is 33.6 Å². The minimum Gasteiger partial charge on any atom is -0.379 e. The first-order chi connectivity index (χ1) is 10.2. The molecule has 0 amide bonds. The highest BCUT2D eigenvalue weighted by molar-refractivity contribution is 5.05. The van der Waals surface area contributed by atoms with Gasteiger partial charge >= 0.3 is 0 Å². The summed E-state index contributed by atoms with van der Waals surface area (Å²) in [4.78, 5) is 0. The van der Waals surface area contributed by atoms with Crippen molar-refractivity contribution in [2.24, 2.45) is 29.6 Å². The lowest BCUT2D eigenvalue weighted by Crippen LogP contribution is -2.58. The average molecular weight is 296 g/mol. The molecule has 0 spiro atoms. The van der Waals surface area contributed by atoms with Gasteiger partial charge in [0.15, 0.2) is 0 Å². The first-order valence-electron chi connectivity index (χ1n) is 8.60. The molecule has 3 nitrogen and oxygen atoms in total. The molecule has 122 valence electrons. The van der Waals surface area contributed by atoms with E-state index >= 15 is 0 Å². The van der Waals surface area contributed by atoms with Crippen molar-refractivity contribution in [2.75, 3.05) is 33.0 Å². The molecule has 3 heteroatoms. The van der Waals surface area contributed by atoms with Gasteiger partial charge in [0.05, 0.1) is 26.4 Å². The number of hydrogen-bond donors (Lipinski definition) is 0. The third-order valence-electron chi connectivity index (χ3n) is 5.41. The minimum absolute atomic E-state index is 0.431. The Balaban J connectivity index is 0.000000194. The molecule has 3 rings (SSSR count). The van der Waals surface area contributed by atoms with Crippen molar-refractivity contribution in [3.05, 3.63) is 12.7 Å². The summed E-state index contributed by atoms with van der Waals surface area (Å²) in [5, 5.41) is 0. The maximum absolute atomic E-state index is 5.55. The van der Waals surface area contributed by atoms with Crippen LogP contribution in [0, 0.1) is 29.6 Å². The molecule has 0 aromatic carbocycles. The fourth-order valence-corrected chi connectivity index (χ4v) is 4.11. The highest BCUT2D eigenvalue weighted by atomic mass is 16.6. The number of ether oxygens (including phenoxy) is 3. The summed E-state index contributed by atoms with van der Waals surface area (Å²) < 4.78 is 15.5. The standard InChI is InChI=1S/C13H22O.C5H10O2/c1-4-6-14-8-10-7-12-9(3)11(5-2)13(10)12;1-2-6-3-5-4-7-5/h4,9-13H,1,5-8H2,2-3H3;5H,2-4H2,1H3. The molecule has 3 aliphatic rings. The van der Waals surface area contributed by atoms with Gasteiger partial charge in [-0.1, -0.05) is 26.3 Å². The Morgan fingerprint density at radius 1 is 1.24 bits per heavy atom. The minimum atomic E-state index is 0.431. The lowest BCUT2D eigenvalue weighted by atomic mass is 9.42. The monoisotopic (exact) mass is 296 g/mol. The maximum Gasteiger partial charge on any atom is 0.104 e. The van der Waals surface area contributed by atoms with Crippen molar-refractivity contribution in [2.45, 2.75) is 39.7 Å². The van der Waals surface area contributed by atoms with Gasteiger partial charge in [0, 0.05) is 6.61 Å². The predicted octanol–water partition coefficient (Wildman–Crippen LogP) is 3.54. The molecule has 0 N–H and O–H groups in total. The molecular formula is C18H32O3. The Morgan fingerprint density at radius 3 is 2.57 bits per heavy atom. The van der Waals surface area contributed by atoms with Gasteiger partial charge in [-0.25, -0.2) is 0 Å². The van der Waals surface area contributed by atoms with Gasteiger partial charge in [-0.2, -0.15) is 0 Å². The van der Waals surface area contributed by atoms with E-state index < -0.39 is 0 Å². The molecule has 2 aliphatic carbocycles. The summed E-state index contributed by atoms with van der Waals surface area (Å²) in [5.41, 5.74) is 0. The van der Waals surface area contributed by atoms with Crippen molar-refractivity contribution in [3.8, 4) is 0 Å². The smallest absolute Gasteiger partial charge is 0.104 e. The zero-order valence-electron chi connectivity index (χ0n) is 13.9. The Bertz CT molecular complexity index is 314. The van der Waals surface area contributed by atoms with Crippen LogP contribution < -0.4 is 0 Å². The van der Waals surface area contributed by atoms with Gasteiger partial charge in [0.2, 0.25) is 0 Å². The first kappa shape index (κ1) is 17.0. The predicted molar refractivity (Wildman–Crippen MR) is 85.3 cm³/mol. The normalized spacial score (nSPS) is 39.2. The molecule has 1 aliphatic heterocycles. The van der Waals surface area contributed by atoms with Gasteiger partial charge in [-0.15, -0.1) is 6.58 Å². The average Bonchev–Trinajstić information content (AvgIpc) is 3.29. The molecular weight excluding hydrogens is 264 g/mol. The summed E-state index contributed by atoms with van der Waals surface area (Å²) in [6.45, 7) is 14.6. The third kappa shape index (κ3) is 4.30. The zero-order valence-corrected chi connectivity index (χ0v) is 13.9. The number of hydrogen-bond acceptors (Lipinski definition) is 3. The second-order valence-electron chi connectivity index (χ2n) is 6.61. The summed E-state index contributed by atoms with van der Waals surface area (Å²) in [6.07, 6.45) is 5.05. The number of rotatable bonds is 8. The fraction of sp³-hybridized carbons (Fsp3) is 0.889. The van der Waals surface area contributed by atoms with E-state index in [0.29, 0.717) is 6.10 Å². The van der Waals surface area contributed by atoms with E-state index in [9.17, 15) is 0 Å². The van der Waals surface area contributed by atoms with Crippen LogP contribution in [0.4, 0.5) is 0 Å². The molecule has 3 fully saturated rings. The Kier molecular flexibility index (Phi) is 6.72. The lowest BCUT2D eigenvalue weighted by molar-refractivity contribution is -0.164. The molecule has 1 heterocycles. The first-order valence-corrected chi connectivity index (χ1v) is 8.60. The lowest BCUT2D eigenvalue weighted by Gasteiger charge is -2.63. The van der Waals surface area contributed by atoms with Gasteiger partial charge in [-0.05, 0) is 42.9 Å². The topological polar surface area (TPSA) is 31.0 Å². The molecule has 1 saturated heterocycles. The Morgan fingerprint density at radius 2 is 2.00 bits per heavy atom. The highest BCUT2D eigenvalue weighted by Gasteiger charge is 2.57. The van der Waals surface area contributed by atoms with Gasteiger partial charge in [0.1, 0.15) is 6.10 Å². The van der Waals surface area contributed by atoms with Crippen molar-refractivity contribution < 1.29 is 14.2 Å². The van der Waals surface area contributed by atoms with Crippen LogP contribution in [-0.4, -0.2) is 39.1 Å². The van der Waals surface area contributed by atoms with E-state index in [0.717, 1.165) is 62.6 Å². The molecule has 21 heavy (non-hydrogen) atoms. The van der Waals surface area contributed by atoms with Crippen LogP contribution in [0.5, 0.6) is 0 Å². The Hall–Kier alpha value is -0.380. The van der Waals surface area contributed by atoms with Gasteiger partial charge in [-0.3, -0.25) is 0 Å². The highest BCUT2D eigenvalue weighted by Crippen LogP contribution is 2.62. The summed E-state index contributed by atoms with van der Waals surface area (Å²) >= 11 is 0. The molecule has 0 bridgehead atoms. The maximum atomic E-state index is 5.55. The van der Waals surface area contributed by atoms with Crippen LogP contribution in [0.3, 0.4) is 0 Å². The van der Waals surface area contributed by atoms with Crippen LogP contribution in [-0.2, 0) is 14.2 Å². The second-order valence-corrected chi connectivity index (χ2v) is 6.61. The third-order valence-corrected chi connectivity index (χ3v) is 5.41. The molecule has 6 unspecified atom stereocenters. The largest absolute Gasteiger partial charge is 0.379 e. The number of epoxide rings is 1. The van der Waals surface area contributed by atoms with E-state index in [-0.39, 0.29) is 0 Å². The fourth-order valence-electron chi connectivity index (χ4n) is 4.11.